The van der Waals surface area contributed by atoms with Gasteiger partial charge in [0.15, 0.2) is 0 Å². The van der Waals surface area contributed by atoms with Crippen LogP contribution in [-0.2, 0) is 26.1 Å². The number of rotatable bonds is 7. The van der Waals surface area contributed by atoms with E-state index in [2.05, 4.69) is 4.84 Å². The normalized spacial score (nSPS) is 11.2. The third kappa shape index (κ3) is 4.02. The molecule has 0 atom stereocenters. The topological polar surface area (TPSA) is 136 Å². The van der Waals surface area contributed by atoms with Gasteiger partial charge in [-0.25, -0.2) is 13.2 Å². The summed E-state index contributed by atoms with van der Waals surface area (Å²) >= 11 is 0. The number of carbonyl (C=O) groups is 2. The second kappa shape index (κ2) is 6.46. The van der Waals surface area contributed by atoms with E-state index in [4.69, 9.17) is 10.8 Å². The molecule has 0 saturated carbocycles. The van der Waals surface area contributed by atoms with E-state index in [0.29, 0.717) is 12.0 Å². The largest absolute Gasteiger partial charge is 0.478 e. The predicted molar refractivity (Wildman–Crippen MR) is 68.2 cm³/mol. The van der Waals surface area contributed by atoms with Crippen LogP contribution in [0.1, 0.15) is 22.8 Å². The van der Waals surface area contributed by atoms with Gasteiger partial charge in [0.1, 0.15) is 6.61 Å². The molecule has 1 aromatic carbocycles. The van der Waals surface area contributed by atoms with Crippen molar-refractivity contribution >= 4 is 21.9 Å². The maximum atomic E-state index is 12.0. The number of carboxylic acid groups (broad SMARTS) is 1. The van der Waals surface area contributed by atoms with E-state index >= 15 is 0 Å². The van der Waals surface area contributed by atoms with Gasteiger partial charge in [-0.15, -0.1) is 0 Å². The summed E-state index contributed by atoms with van der Waals surface area (Å²) in [5.41, 5.74) is 5.06. The van der Waals surface area contributed by atoms with Gasteiger partial charge in [-0.1, -0.05) is 17.9 Å². The summed E-state index contributed by atoms with van der Waals surface area (Å²) in [7, 11) is -4.10. The fraction of sp³-hybridized carbons (Fsp3) is 0.273. The molecule has 1 amide bonds. The van der Waals surface area contributed by atoms with Crippen molar-refractivity contribution in [3.63, 3.8) is 0 Å². The van der Waals surface area contributed by atoms with Crippen molar-refractivity contribution in [2.75, 3.05) is 6.61 Å². The summed E-state index contributed by atoms with van der Waals surface area (Å²) in [6.45, 7) is 1.10. The molecule has 0 saturated heterocycles. The molecule has 0 aliphatic rings. The number of benzene rings is 1. The van der Waals surface area contributed by atoms with E-state index < -0.39 is 28.5 Å². The lowest BCUT2D eigenvalue weighted by Gasteiger charge is -2.10. The first-order chi connectivity index (χ1) is 9.27. The van der Waals surface area contributed by atoms with E-state index in [1.165, 1.54) is 12.1 Å². The van der Waals surface area contributed by atoms with Gasteiger partial charge in [-0.3, -0.25) is 9.63 Å². The van der Waals surface area contributed by atoms with Crippen LogP contribution in [0.15, 0.2) is 23.1 Å². The second-order valence-electron chi connectivity index (χ2n) is 3.82. The summed E-state index contributed by atoms with van der Waals surface area (Å²) < 4.78 is 24.0. The van der Waals surface area contributed by atoms with Crippen LogP contribution in [0.5, 0.6) is 0 Å². The Bertz CT molecular complexity index is 626. The number of sulfonamides is 1. The molecule has 1 rings (SSSR count). The minimum Gasteiger partial charge on any atom is -0.478 e. The lowest BCUT2D eigenvalue weighted by molar-refractivity contribution is -0.123. The molecule has 110 valence electrons. The molecular weight excluding hydrogens is 288 g/mol. The standard InChI is InChI=1S/C11H14N2O6S/c1-2-7-3-4-8(11(15)16)5-9(7)20(17,18)13-19-6-10(12)14/h3-5,13H,2,6H2,1H3,(H2,12,14)(H,15,16). The molecule has 20 heavy (non-hydrogen) atoms. The van der Waals surface area contributed by atoms with Crippen LogP contribution in [0.3, 0.4) is 0 Å². The number of primary amides is 1. The smallest absolute Gasteiger partial charge is 0.335 e. The SMILES string of the molecule is CCc1ccc(C(=O)O)cc1S(=O)(=O)NOCC(N)=O. The molecule has 0 radical (unpaired) electrons. The first kappa shape index (κ1) is 16.1. The van der Waals surface area contributed by atoms with Crippen LogP contribution >= 0.6 is 0 Å². The average Bonchev–Trinajstić information content (AvgIpc) is 2.37. The summed E-state index contributed by atoms with van der Waals surface area (Å²) in [5.74, 6) is -2.09. The molecule has 0 unspecified atom stereocenters. The van der Waals surface area contributed by atoms with Gasteiger partial charge in [0.25, 0.3) is 10.0 Å². The molecule has 8 nitrogen and oxygen atoms in total. The van der Waals surface area contributed by atoms with Gasteiger partial charge in [-0.2, -0.15) is 0 Å². The Morgan fingerprint density at radius 2 is 2.05 bits per heavy atom. The monoisotopic (exact) mass is 302 g/mol. The molecule has 0 aromatic heterocycles. The summed E-state index contributed by atoms with van der Waals surface area (Å²) in [5, 5.41) is 8.88. The number of aryl methyl sites for hydroxylation is 1. The molecule has 0 bridgehead atoms. The van der Waals surface area contributed by atoms with Crippen LogP contribution < -0.4 is 10.6 Å². The number of hydrogen-bond donors (Lipinski definition) is 3. The Hall–Kier alpha value is -1.97. The Morgan fingerprint density at radius 3 is 2.55 bits per heavy atom. The van der Waals surface area contributed by atoms with Crippen molar-refractivity contribution in [2.24, 2.45) is 5.73 Å². The number of aromatic carboxylic acids is 1. The quantitative estimate of drug-likeness (QED) is 0.589. The number of carboxylic acids is 1. The highest BCUT2D eigenvalue weighted by molar-refractivity contribution is 7.89. The van der Waals surface area contributed by atoms with Crippen LogP contribution in [0.2, 0.25) is 0 Å². The first-order valence-corrected chi connectivity index (χ1v) is 7.04. The molecule has 4 N–H and O–H groups in total. The molecule has 0 spiro atoms. The zero-order valence-electron chi connectivity index (χ0n) is 10.6. The zero-order chi connectivity index (χ0) is 15.3. The molecule has 0 aliphatic carbocycles. The number of carbonyl (C=O) groups excluding carboxylic acids is 1. The highest BCUT2D eigenvalue weighted by Gasteiger charge is 2.20. The highest BCUT2D eigenvalue weighted by Crippen LogP contribution is 2.18. The van der Waals surface area contributed by atoms with Gasteiger partial charge in [0.05, 0.1) is 10.5 Å². The Morgan fingerprint density at radius 1 is 1.40 bits per heavy atom. The fourth-order valence-electron chi connectivity index (χ4n) is 1.45. The second-order valence-corrected chi connectivity index (χ2v) is 5.44. The van der Waals surface area contributed by atoms with Crippen molar-refractivity contribution in [3.05, 3.63) is 29.3 Å². The molecule has 0 heterocycles. The van der Waals surface area contributed by atoms with E-state index in [1.807, 2.05) is 0 Å². The van der Waals surface area contributed by atoms with E-state index in [1.54, 1.807) is 11.8 Å². The number of nitrogens with one attached hydrogen (secondary N) is 1. The molecule has 0 fully saturated rings. The first-order valence-electron chi connectivity index (χ1n) is 5.56. The lowest BCUT2D eigenvalue weighted by atomic mass is 10.1. The van der Waals surface area contributed by atoms with Crippen LogP contribution in [0.4, 0.5) is 0 Å². The summed E-state index contributed by atoms with van der Waals surface area (Å²) in [6, 6.07) is 3.74. The van der Waals surface area contributed by atoms with Crippen molar-refractivity contribution in [1.29, 1.82) is 0 Å². The van der Waals surface area contributed by atoms with E-state index in [9.17, 15) is 18.0 Å². The van der Waals surface area contributed by atoms with Gasteiger partial charge in [0, 0.05) is 0 Å². The number of hydrogen-bond acceptors (Lipinski definition) is 5. The van der Waals surface area contributed by atoms with E-state index in [0.717, 1.165) is 6.07 Å². The van der Waals surface area contributed by atoms with Gasteiger partial charge in [-0.05, 0) is 24.1 Å². The average molecular weight is 302 g/mol. The van der Waals surface area contributed by atoms with Crippen molar-refractivity contribution in [2.45, 2.75) is 18.2 Å². The molecule has 1 aromatic rings. The zero-order valence-corrected chi connectivity index (χ0v) is 11.4. The predicted octanol–water partition coefficient (Wildman–Crippen LogP) is -0.358. The van der Waals surface area contributed by atoms with Gasteiger partial charge < -0.3 is 10.8 Å². The number of amides is 1. The molecular formula is C11H14N2O6S. The van der Waals surface area contributed by atoms with Crippen molar-refractivity contribution in [1.82, 2.24) is 4.89 Å². The van der Waals surface area contributed by atoms with Crippen LogP contribution in [0.25, 0.3) is 0 Å². The minimum atomic E-state index is -4.10. The third-order valence-corrected chi connectivity index (χ3v) is 3.66. The Kier molecular flexibility index (Phi) is 5.19. The summed E-state index contributed by atoms with van der Waals surface area (Å²) in [4.78, 5) is 27.3. The maximum Gasteiger partial charge on any atom is 0.335 e. The van der Waals surface area contributed by atoms with Gasteiger partial charge >= 0.3 is 5.97 Å². The fourth-order valence-corrected chi connectivity index (χ4v) is 2.60. The van der Waals surface area contributed by atoms with Crippen LogP contribution in [-0.4, -0.2) is 32.0 Å². The lowest BCUT2D eigenvalue weighted by Crippen LogP contribution is -2.30. The van der Waals surface area contributed by atoms with Crippen molar-refractivity contribution < 1.29 is 28.0 Å². The minimum absolute atomic E-state index is 0.169. The highest BCUT2D eigenvalue weighted by atomic mass is 32.2. The Labute approximate surface area is 115 Å². The van der Waals surface area contributed by atoms with Crippen LogP contribution in [0, 0.1) is 0 Å². The molecule has 0 aliphatic heterocycles. The van der Waals surface area contributed by atoms with E-state index in [-0.39, 0.29) is 10.5 Å². The third-order valence-electron chi connectivity index (χ3n) is 2.37. The maximum absolute atomic E-state index is 12.0. The summed E-state index contributed by atoms with van der Waals surface area (Å²) in [6.07, 6.45) is 0.381. The van der Waals surface area contributed by atoms with Gasteiger partial charge in [0.2, 0.25) is 5.91 Å². The molecule has 9 heteroatoms. The number of nitrogens with two attached hydrogens (primary N) is 1. The Balaban J connectivity index is 3.11. The van der Waals surface area contributed by atoms with Crippen molar-refractivity contribution in [3.8, 4) is 0 Å².